The van der Waals surface area contributed by atoms with E-state index in [0.29, 0.717) is 18.8 Å². The highest BCUT2D eigenvalue weighted by Gasteiger charge is 2.21. The Morgan fingerprint density at radius 1 is 1.43 bits per heavy atom. The number of hydrogen-bond acceptors (Lipinski definition) is 8. The van der Waals surface area contributed by atoms with E-state index in [1.165, 1.54) is 6.07 Å². The average molecular weight is 294 g/mol. The molecule has 112 valence electrons. The van der Waals surface area contributed by atoms with E-state index in [0.717, 1.165) is 0 Å². The zero-order valence-corrected chi connectivity index (χ0v) is 11.6. The van der Waals surface area contributed by atoms with Crippen molar-refractivity contribution in [3.63, 3.8) is 0 Å². The third-order valence-corrected chi connectivity index (χ3v) is 2.94. The van der Waals surface area contributed by atoms with Crippen molar-refractivity contribution in [3.05, 3.63) is 22.2 Å². The van der Waals surface area contributed by atoms with E-state index < -0.39 is 4.92 Å². The second-order valence-electron chi connectivity index (χ2n) is 4.30. The van der Waals surface area contributed by atoms with Gasteiger partial charge in [0, 0.05) is 19.7 Å². The number of nitro benzene ring substituents is 1. The lowest BCUT2D eigenvalue weighted by Gasteiger charge is -2.18. The molecule has 0 bridgehead atoms. The van der Waals surface area contributed by atoms with Gasteiger partial charge < -0.3 is 9.64 Å². The lowest BCUT2D eigenvalue weighted by Crippen LogP contribution is -2.22. The van der Waals surface area contributed by atoms with Crippen LogP contribution >= 0.6 is 0 Å². The normalized spacial score (nSPS) is 10.6. The van der Waals surface area contributed by atoms with Crippen LogP contribution < -0.4 is 4.90 Å². The van der Waals surface area contributed by atoms with Crippen molar-refractivity contribution in [2.24, 2.45) is 0 Å². The largest absolute Gasteiger partial charge is 0.466 e. The molecule has 1 aromatic carbocycles. The van der Waals surface area contributed by atoms with Crippen LogP contribution in [0.15, 0.2) is 16.8 Å². The molecule has 0 unspecified atom stereocenters. The number of fused-ring (bicyclic) bond motifs is 1. The quantitative estimate of drug-likeness (QED) is 0.448. The molecule has 1 heterocycles. The molecule has 0 saturated carbocycles. The third-order valence-electron chi connectivity index (χ3n) is 2.94. The summed E-state index contributed by atoms with van der Waals surface area (Å²) in [6, 6.07) is 2.89. The van der Waals surface area contributed by atoms with E-state index >= 15 is 0 Å². The average Bonchev–Trinajstić information content (AvgIpc) is 2.93. The fourth-order valence-electron chi connectivity index (χ4n) is 1.91. The maximum absolute atomic E-state index is 11.4. The van der Waals surface area contributed by atoms with Crippen molar-refractivity contribution in [1.29, 1.82) is 0 Å². The van der Waals surface area contributed by atoms with E-state index in [9.17, 15) is 14.9 Å². The molecule has 21 heavy (non-hydrogen) atoms. The summed E-state index contributed by atoms with van der Waals surface area (Å²) in [6.45, 7) is 2.46. The molecule has 0 aliphatic heterocycles. The van der Waals surface area contributed by atoms with Gasteiger partial charge in [0.25, 0.3) is 0 Å². The standard InChI is InChI=1S/C12H14N4O5/c1-3-20-10(17)6-7-15(2)8-4-5-9(16(18)19)12-11(8)13-21-14-12/h4-5H,3,6-7H2,1-2H3. The van der Waals surface area contributed by atoms with Gasteiger partial charge in [-0.2, -0.15) is 0 Å². The Morgan fingerprint density at radius 2 is 2.14 bits per heavy atom. The number of carbonyl (C=O) groups is 1. The van der Waals surface area contributed by atoms with Gasteiger partial charge in [0.2, 0.25) is 5.52 Å². The molecule has 0 amide bonds. The topological polar surface area (TPSA) is 112 Å². The summed E-state index contributed by atoms with van der Waals surface area (Å²) in [6.07, 6.45) is 0.202. The van der Waals surface area contributed by atoms with Crippen LogP contribution in [0.3, 0.4) is 0 Å². The van der Waals surface area contributed by atoms with Crippen molar-refractivity contribution in [2.75, 3.05) is 25.1 Å². The molecule has 2 rings (SSSR count). The first-order valence-corrected chi connectivity index (χ1v) is 6.31. The minimum atomic E-state index is -0.547. The summed E-state index contributed by atoms with van der Waals surface area (Å²) in [4.78, 5) is 23.4. The fourth-order valence-corrected chi connectivity index (χ4v) is 1.91. The predicted molar refractivity (Wildman–Crippen MR) is 73.0 cm³/mol. The van der Waals surface area contributed by atoms with E-state index in [1.807, 2.05) is 0 Å². The van der Waals surface area contributed by atoms with Crippen LogP contribution in [0.1, 0.15) is 13.3 Å². The highest BCUT2D eigenvalue weighted by molar-refractivity contribution is 5.93. The molecule has 0 spiro atoms. The summed E-state index contributed by atoms with van der Waals surface area (Å²) in [7, 11) is 1.74. The first-order valence-electron chi connectivity index (χ1n) is 6.31. The molecule has 0 aliphatic carbocycles. The number of aromatic nitrogens is 2. The molecule has 0 fully saturated rings. The second kappa shape index (κ2) is 6.16. The molecule has 0 atom stereocenters. The highest BCUT2D eigenvalue weighted by atomic mass is 16.6. The number of ether oxygens (including phenoxy) is 1. The van der Waals surface area contributed by atoms with Gasteiger partial charge in [-0.15, -0.1) is 0 Å². The lowest BCUT2D eigenvalue weighted by atomic mass is 10.2. The fraction of sp³-hybridized carbons (Fsp3) is 0.417. The van der Waals surface area contributed by atoms with Gasteiger partial charge in [0.15, 0.2) is 5.52 Å². The number of nitro groups is 1. The molecule has 1 aromatic heterocycles. The Bertz CT molecular complexity index is 669. The molecule has 0 saturated heterocycles. The van der Waals surface area contributed by atoms with E-state index in [-0.39, 0.29) is 29.1 Å². The van der Waals surface area contributed by atoms with E-state index in [4.69, 9.17) is 4.74 Å². The van der Waals surface area contributed by atoms with Crippen LogP contribution in [0.4, 0.5) is 11.4 Å². The molecule has 0 aliphatic rings. The lowest BCUT2D eigenvalue weighted by molar-refractivity contribution is -0.383. The number of carbonyl (C=O) groups excluding carboxylic acids is 1. The van der Waals surface area contributed by atoms with Crippen molar-refractivity contribution >= 4 is 28.4 Å². The van der Waals surface area contributed by atoms with Gasteiger partial charge in [-0.3, -0.25) is 14.9 Å². The summed E-state index contributed by atoms with van der Waals surface area (Å²) >= 11 is 0. The maximum atomic E-state index is 11.4. The number of nitrogens with zero attached hydrogens (tertiary/aromatic N) is 4. The zero-order valence-electron chi connectivity index (χ0n) is 11.6. The van der Waals surface area contributed by atoms with Crippen LogP contribution in [0.2, 0.25) is 0 Å². The zero-order chi connectivity index (χ0) is 15.4. The van der Waals surface area contributed by atoms with Gasteiger partial charge in [0.1, 0.15) is 0 Å². The number of benzene rings is 1. The smallest absolute Gasteiger partial charge is 0.307 e. The van der Waals surface area contributed by atoms with E-state index in [2.05, 4.69) is 14.9 Å². The minimum absolute atomic E-state index is 0.0838. The predicted octanol–water partition coefficient (Wildman–Crippen LogP) is 1.52. The van der Waals surface area contributed by atoms with Crippen LogP contribution in [0, 0.1) is 10.1 Å². The molecule has 2 aromatic rings. The van der Waals surface area contributed by atoms with Crippen LogP contribution in [-0.2, 0) is 9.53 Å². The Labute approximate surface area is 119 Å². The SMILES string of the molecule is CCOC(=O)CCN(C)c1ccc([N+](=O)[O-])c2nonc12. The van der Waals surface area contributed by atoms with Crippen molar-refractivity contribution in [1.82, 2.24) is 10.3 Å². The molecule has 9 heteroatoms. The summed E-state index contributed by atoms with van der Waals surface area (Å²) in [5.41, 5.74) is 0.797. The van der Waals surface area contributed by atoms with Crippen molar-refractivity contribution < 1.29 is 19.1 Å². The van der Waals surface area contributed by atoms with Gasteiger partial charge in [-0.25, -0.2) is 4.63 Å². The van der Waals surface area contributed by atoms with Crippen molar-refractivity contribution in [3.8, 4) is 0 Å². The number of anilines is 1. The van der Waals surface area contributed by atoms with Gasteiger partial charge >= 0.3 is 11.7 Å². The highest BCUT2D eigenvalue weighted by Crippen LogP contribution is 2.30. The molecular formula is C12H14N4O5. The van der Waals surface area contributed by atoms with Gasteiger partial charge in [-0.05, 0) is 23.3 Å². The molecule has 0 N–H and O–H groups in total. The number of rotatable bonds is 6. The molecule has 9 nitrogen and oxygen atoms in total. The Morgan fingerprint density at radius 3 is 2.81 bits per heavy atom. The first-order chi connectivity index (χ1) is 10.0. The number of non-ortho nitro benzene ring substituents is 1. The van der Waals surface area contributed by atoms with Crippen LogP contribution in [0.5, 0.6) is 0 Å². The summed E-state index contributed by atoms with van der Waals surface area (Å²) < 4.78 is 9.44. The number of hydrogen-bond donors (Lipinski definition) is 0. The maximum Gasteiger partial charge on any atom is 0.307 e. The summed E-state index contributed by atoms with van der Waals surface area (Å²) in [5, 5.41) is 18.2. The first kappa shape index (κ1) is 14.7. The Hall–Kier alpha value is -2.71. The Balaban J connectivity index is 2.22. The van der Waals surface area contributed by atoms with Crippen LogP contribution in [-0.4, -0.2) is 41.4 Å². The summed E-state index contributed by atoms with van der Waals surface area (Å²) in [5.74, 6) is -0.305. The van der Waals surface area contributed by atoms with E-state index in [1.54, 1.807) is 24.9 Å². The van der Waals surface area contributed by atoms with Crippen molar-refractivity contribution in [2.45, 2.75) is 13.3 Å². The molecule has 0 radical (unpaired) electrons. The van der Waals surface area contributed by atoms with Gasteiger partial charge in [0.05, 0.1) is 23.6 Å². The Kier molecular flexibility index (Phi) is 4.31. The molecular weight excluding hydrogens is 280 g/mol. The minimum Gasteiger partial charge on any atom is -0.466 e. The van der Waals surface area contributed by atoms with Crippen LogP contribution in [0.25, 0.3) is 11.0 Å². The monoisotopic (exact) mass is 294 g/mol. The van der Waals surface area contributed by atoms with Gasteiger partial charge in [-0.1, -0.05) is 0 Å². The third kappa shape index (κ3) is 3.07. The number of esters is 1. The second-order valence-corrected chi connectivity index (χ2v) is 4.30.